The molecule has 142 valence electrons. The van der Waals surface area contributed by atoms with Gasteiger partial charge in [0.2, 0.25) is 0 Å². The molecular weight excluding hydrogens is 359 g/mol. The lowest BCUT2D eigenvalue weighted by Crippen LogP contribution is -2.42. The van der Waals surface area contributed by atoms with Crippen molar-refractivity contribution in [3.63, 3.8) is 0 Å². The SMILES string of the molecule is Cc1cc(F)cc2c(NC3CCN(C(=O)c4ccco4)CC3)c(C#N)cnc12. The van der Waals surface area contributed by atoms with E-state index in [1.54, 1.807) is 24.0 Å². The molecule has 0 aliphatic carbocycles. The highest BCUT2D eigenvalue weighted by Crippen LogP contribution is 2.30. The number of hydrogen-bond acceptors (Lipinski definition) is 5. The number of carbonyl (C=O) groups is 1. The minimum absolute atomic E-state index is 0.0712. The van der Waals surface area contributed by atoms with Gasteiger partial charge in [-0.15, -0.1) is 0 Å². The van der Waals surface area contributed by atoms with Gasteiger partial charge in [0.25, 0.3) is 5.91 Å². The molecule has 0 unspecified atom stereocenters. The van der Waals surface area contributed by atoms with E-state index in [4.69, 9.17) is 4.42 Å². The van der Waals surface area contributed by atoms with E-state index >= 15 is 0 Å². The summed E-state index contributed by atoms with van der Waals surface area (Å²) in [6.07, 6.45) is 4.44. The monoisotopic (exact) mass is 378 g/mol. The van der Waals surface area contributed by atoms with Gasteiger partial charge in [0.1, 0.15) is 11.9 Å². The summed E-state index contributed by atoms with van der Waals surface area (Å²) in [4.78, 5) is 18.5. The highest BCUT2D eigenvalue weighted by molar-refractivity contribution is 5.96. The first-order valence-corrected chi connectivity index (χ1v) is 9.15. The van der Waals surface area contributed by atoms with Gasteiger partial charge in [0.15, 0.2) is 5.76 Å². The van der Waals surface area contributed by atoms with Gasteiger partial charge in [-0.2, -0.15) is 5.26 Å². The fourth-order valence-electron chi connectivity index (χ4n) is 3.66. The molecule has 2 aromatic heterocycles. The Morgan fingerprint density at radius 1 is 1.39 bits per heavy atom. The molecule has 1 aliphatic heterocycles. The van der Waals surface area contributed by atoms with Gasteiger partial charge < -0.3 is 14.6 Å². The van der Waals surface area contributed by atoms with Crippen molar-refractivity contribution in [1.29, 1.82) is 5.26 Å². The lowest BCUT2D eigenvalue weighted by Gasteiger charge is -2.32. The van der Waals surface area contributed by atoms with Gasteiger partial charge in [-0.1, -0.05) is 0 Å². The predicted octanol–water partition coefficient (Wildman–Crippen LogP) is 3.86. The number of fused-ring (bicyclic) bond motifs is 1. The number of pyridine rings is 1. The highest BCUT2D eigenvalue weighted by Gasteiger charge is 2.26. The number of nitriles is 1. The summed E-state index contributed by atoms with van der Waals surface area (Å²) in [7, 11) is 0. The Morgan fingerprint density at radius 3 is 2.86 bits per heavy atom. The van der Waals surface area contributed by atoms with Crippen molar-refractivity contribution in [3.8, 4) is 6.07 Å². The molecule has 1 aromatic carbocycles. The van der Waals surface area contributed by atoms with E-state index in [2.05, 4.69) is 16.4 Å². The number of nitrogens with one attached hydrogen (secondary N) is 1. The van der Waals surface area contributed by atoms with E-state index in [0.717, 1.165) is 18.4 Å². The van der Waals surface area contributed by atoms with Crippen molar-refractivity contribution in [2.24, 2.45) is 0 Å². The first-order chi connectivity index (χ1) is 13.6. The lowest BCUT2D eigenvalue weighted by atomic mass is 10.0. The smallest absolute Gasteiger partial charge is 0.289 e. The van der Waals surface area contributed by atoms with Crippen molar-refractivity contribution >= 4 is 22.5 Å². The van der Waals surface area contributed by atoms with Crippen LogP contribution in [0.4, 0.5) is 10.1 Å². The number of likely N-dealkylation sites (tertiary alicyclic amines) is 1. The highest BCUT2D eigenvalue weighted by atomic mass is 19.1. The summed E-state index contributed by atoms with van der Waals surface area (Å²) in [5.41, 5.74) is 2.38. The standard InChI is InChI=1S/C21H19FN4O2/c1-13-9-15(22)10-17-19(13)24-12-14(11-23)20(17)25-16-4-6-26(7-5-16)21(27)18-3-2-8-28-18/h2-3,8-10,12,16H,4-7H2,1H3,(H,24,25). The van der Waals surface area contributed by atoms with Crippen LogP contribution in [-0.4, -0.2) is 34.9 Å². The number of rotatable bonds is 3. The predicted molar refractivity (Wildman–Crippen MR) is 102 cm³/mol. The van der Waals surface area contributed by atoms with Crippen LogP contribution in [0, 0.1) is 24.1 Å². The maximum Gasteiger partial charge on any atom is 0.289 e. The van der Waals surface area contributed by atoms with E-state index in [1.165, 1.54) is 24.6 Å². The first-order valence-electron chi connectivity index (χ1n) is 9.15. The molecule has 1 fully saturated rings. The Hall–Kier alpha value is -3.40. The van der Waals surface area contributed by atoms with Crippen LogP contribution in [0.1, 0.15) is 34.5 Å². The fraction of sp³-hybridized carbons (Fsp3) is 0.286. The third-order valence-electron chi connectivity index (χ3n) is 5.11. The second-order valence-electron chi connectivity index (χ2n) is 6.97. The Kier molecular flexibility index (Phi) is 4.70. The number of aromatic nitrogens is 1. The van der Waals surface area contributed by atoms with Gasteiger partial charge in [0.05, 0.1) is 23.0 Å². The third kappa shape index (κ3) is 3.29. The summed E-state index contributed by atoms with van der Waals surface area (Å²) < 4.78 is 19.2. The van der Waals surface area contributed by atoms with E-state index in [0.29, 0.717) is 41.0 Å². The molecule has 3 aromatic rings. The number of carbonyl (C=O) groups excluding carboxylic acids is 1. The summed E-state index contributed by atoms with van der Waals surface area (Å²) in [5, 5.41) is 13.5. The molecule has 3 heterocycles. The number of halogens is 1. The molecule has 28 heavy (non-hydrogen) atoms. The van der Waals surface area contributed by atoms with E-state index in [-0.39, 0.29) is 17.8 Å². The summed E-state index contributed by atoms with van der Waals surface area (Å²) >= 11 is 0. The summed E-state index contributed by atoms with van der Waals surface area (Å²) in [6, 6.07) is 8.41. The quantitative estimate of drug-likeness (QED) is 0.748. The largest absolute Gasteiger partial charge is 0.459 e. The zero-order chi connectivity index (χ0) is 19.7. The number of furan rings is 1. The minimum Gasteiger partial charge on any atom is -0.459 e. The minimum atomic E-state index is -0.358. The van der Waals surface area contributed by atoms with E-state index in [1.807, 2.05) is 0 Å². The van der Waals surface area contributed by atoms with Crippen molar-refractivity contribution < 1.29 is 13.6 Å². The Morgan fingerprint density at radius 2 is 2.18 bits per heavy atom. The van der Waals surface area contributed by atoms with Crippen LogP contribution in [0.2, 0.25) is 0 Å². The second kappa shape index (κ2) is 7.31. The zero-order valence-corrected chi connectivity index (χ0v) is 15.4. The number of amides is 1. The maximum atomic E-state index is 14.0. The molecule has 4 rings (SSSR count). The molecule has 0 saturated carbocycles. The Labute approximate surface area is 161 Å². The van der Waals surface area contributed by atoms with Crippen molar-refractivity contribution in [2.75, 3.05) is 18.4 Å². The van der Waals surface area contributed by atoms with E-state index < -0.39 is 0 Å². The molecule has 0 bridgehead atoms. The molecule has 0 radical (unpaired) electrons. The van der Waals surface area contributed by atoms with Gasteiger partial charge in [-0.05, 0) is 49.6 Å². The molecule has 1 amide bonds. The van der Waals surface area contributed by atoms with Crippen LogP contribution in [0.3, 0.4) is 0 Å². The van der Waals surface area contributed by atoms with Crippen molar-refractivity contribution in [1.82, 2.24) is 9.88 Å². The normalized spacial score (nSPS) is 14.8. The number of benzene rings is 1. The molecule has 7 heteroatoms. The average Bonchev–Trinajstić information content (AvgIpc) is 3.23. The topological polar surface area (TPSA) is 82.2 Å². The van der Waals surface area contributed by atoms with Gasteiger partial charge in [-0.25, -0.2) is 4.39 Å². The van der Waals surface area contributed by atoms with Crippen LogP contribution < -0.4 is 5.32 Å². The molecule has 1 saturated heterocycles. The van der Waals surface area contributed by atoms with E-state index in [9.17, 15) is 14.4 Å². The van der Waals surface area contributed by atoms with Crippen LogP contribution >= 0.6 is 0 Å². The lowest BCUT2D eigenvalue weighted by molar-refractivity contribution is 0.0686. The number of hydrogen-bond donors (Lipinski definition) is 1. The molecule has 0 spiro atoms. The number of aryl methyl sites for hydroxylation is 1. The van der Waals surface area contributed by atoms with Crippen molar-refractivity contribution in [3.05, 3.63) is 59.4 Å². The summed E-state index contributed by atoms with van der Waals surface area (Å²) in [6.45, 7) is 2.96. The fourth-order valence-corrected chi connectivity index (χ4v) is 3.66. The van der Waals surface area contributed by atoms with Crippen LogP contribution in [0.25, 0.3) is 10.9 Å². The molecule has 1 aliphatic rings. The first kappa shape index (κ1) is 18.0. The van der Waals surface area contributed by atoms with Crippen molar-refractivity contribution in [2.45, 2.75) is 25.8 Å². The number of piperidine rings is 1. The van der Waals surface area contributed by atoms with Crippen LogP contribution in [0.5, 0.6) is 0 Å². The molecule has 6 nitrogen and oxygen atoms in total. The van der Waals surface area contributed by atoms with Gasteiger partial charge in [-0.3, -0.25) is 9.78 Å². The van der Waals surface area contributed by atoms with Crippen LogP contribution in [-0.2, 0) is 0 Å². The van der Waals surface area contributed by atoms with Gasteiger partial charge in [0, 0.05) is 30.7 Å². The summed E-state index contributed by atoms with van der Waals surface area (Å²) in [5.74, 6) is -0.138. The Balaban J connectivity index is 1.55. The third-order valence-corrected chi connectivity index (χ3v) is 5.11. The van der Waals surface area contributed by atoms with Crippen LogP contribution in [0.15, 0.2) is 41.1 Å². The van der Waals surface area contributed by atoms with Gasteiger partial charge >= 0.3 is 0 Å². The molecular formula is C21H19FN4O2. The molecule has 1 N–H and O–H groups in total. The number of nitrogens with zero attached hydrogens (tertiary/aromatic N) is 3. The Bertz CT molecular complexity index is 1060. The average molecular weight is 378 g/mol. The maximum absolute atomic E-state index is 14.0. The molecule has 0 atom stereocenters. The zero-order valence-electron chi connectivity index (χ0n) is 15.4. The number of anilines is 1. The second-order valence-corrected chi connectivity index (χ2v) is 6.97.